The van der Waals surface area contributed by atoms with Crippen molar-refractivity contribution in [1.82, 2.24) is 30.9 Å². The van der Waals surface area contributed by atoms with E-state index < -0.39 is 35.4 Å². The monoisotopic (exact) mass is 587 g/mol. The predicted molar refractivity (Wildman–Crippen MR) is 153 cm³/mol. The average molecular weight is 588 g/mol. The van der Waals surface area contributed by atoms with E-state index in [4.69, 9.17) is 14.2 Å². The zero-order valence-corrected chi connectivity index (χ0v) is 25.2. The number of guanidine groups is 1. The first-order valence-corrected chi connectivity index (χ1v) is 13.5. The second kappa shape index (κ2) is 15.5. The number of aliphatic imine (C=N–C) groups is 1. The smallest absolute Gasteiger partial charge is 0.414 e. The van der Waals surface area contributed by atoms with Gasteiger partial charge in [0.05, 0.1) is 25.3 Å². The first-order chi connectivity index (χ1) is 19.6. The summed E-state index contributed by atoms with van der Waals surface area (Å²) in [7, 11) is 1.30. The van der Waals surface area contributed by atoms with Gasteiger partial charge in [-0.1, -0.05) is 35.5 Å². The molecule has 230 valence electrons. The van der Waals surface area contributed by atoms with E-state index in [9.17, 15) is 19.2 Å². The Hall–Kier alpha value is -4.49. The molecule has 0 fully saturated rings. The topological polar surface area (TPSA) is 175 Å². The summed E-state index contributed by atoms with van der Waals surface area (Å²) >= 11 is 0. The van der Waals surface area contributed by atoms with Crippen LogP contribution in [0.25, 0.3) is 0 Å². The zero-order chi connectivity index (χ0) is 31.3. The van der Waals surface area contributed by atoms with Gasteiger partial charge in [0.25, 0.3) is 0 Å². The van der Waals surface area contributed by atoms with E-state index >= 15 is 0 Å². The van der Waals surface area contributed by atoms with Crippen molar-refractivity contribution < 1.29 is 33.4 Å². The molecule has 0 aliphatic rings. The lowest BCUT2D eigenvalue weighted by Crippen LogP contribution is -2.47. The van der Waals surface area contributed by atoms with Gasteiger partial charge in [0.1, 0.15) is 17.7 Å². The number of amides is 3. The molecule has 1 aromatic heterocycles. The molecule has 0 aliphatic heterocycles. The molecule has 14 nitrogen and oxygen atoms in total. The van der Waals surface area contributed by atoms with E-state index in [-0.39, 0.29) is 31.4 Å². The van der Waals surface area contributed by atoms with Crippen LogP contribution in [0.3, 0.4) is 0 Å². The number of rotatable bonds is 10. The third-order valence-corrected chi connectivity index (χ3v) is 5.13. The van der Waals surface area contributed by atoms with Gasteiger partial charge in [0.2, 0.25) is 11.9 Å². The van der Waals surface area contributed by atoms with Crippen molar-refractivity contribution in [3.63, 3.8) is 0 Å². The van der Waals surface area contributed by atoms with Crippen LogP contribution < -0.4 is 16.0 Å². The maximum absolute atomic E-state index is 12.7. The van der Waals surface area contributed by atoms with E-state index in [1.807, 2.05) is 30.3 Å². The molecule has 0 saturated heterocycles. The third-order valence-electron chi connectivity index (χ3n) is 5.13. The molecule has 3 N–H and O–H groups in total. The van der Waals surface area contributed by atoms with Crippen LogP contribution in [0.2, 0.25) is 0 Å². The van der Waals surface area contributed by atoms with E-state index in [2.05, 4.69) is 31.3 Å². The summed E-state index contributed by atoms with van der Waals surface area (Å²) in [5.41, 5.74) is -0.0897. The Kier molecular flexibility index (Phi) is 12.4. The Morgan fingerprint density at radius 1 is 0.952 bits per heavy atom. The zero-order valence-electron chi connectivity index (χ0n) is 25.2. The predicted octanol–water partition coefficient (Wildman–Crippen LogP) is 3.04. The standard InChI is InChI=1S/C28H41N7O7/c1-27(2,3)41-25(38)31-24(32-26(39)42-28(4,5)6)29-15-11-14-20-17-35(34-33-20)18-22(36)30-21(16-23(37)40-7)19-12-9-8-10-13-19/h8-10,12-13,17,21H,11,14-16,18H2,1-7H3,(H,30,36)(H2,29,31,32,38,39). The second-order valence-corrected chi connectivity index (χ2v) is 11.3. The highest BCUT2D eigenvalue weighted by atomic mass is 16.6. The minimum Gasteiger partial charge on any atom is -0.469 e. The molecule has 14 heteroatoms. The van der Waals surface area contributed by atoms with Gasteiger partial charge >= 0.3 is 18.2 Å². The van der Waals surface area contributed by atoms with Gasteiger partial charge in [-0.25, -0.2) is 14.3 Å². The number of nitrogens with one attached hydrogen (secondary N) is 3. The van der Waals surface area contributed by atoms with Crippen LogP contribution >= 0.6 is 0 Å². The van der Waals surface area contributed by atoms with E-state index in [0.717, 1.165) is 5.56 Å². The molecular weight excluding hydrogens is 546 g/mol. The molecule has 1 unspecified atom stereocenters. The van der Waals surface area contributed by atoms with Crippen molar-refractivity contribution in [3.05, 3.63) is 47.8 Å². The fourth-order valence-corrected chi connectivity index (χ4v) is 3.47. The molecule has 1 atom stereocenters. The number of ether oxygens (including phenoxy) is 3. The number of alkyl carbamates (subject to hydrolysis) is 2. The SMILES string of the molecule is COC(=O)CC(NC(=O)Cn1cc(CCCN=C(NC(=O)OC(C)(C)C)NC(=O)OC(C)(C)C)nn1)c1ccccc1. The summed E-state index contributed by atoms with van der Waals surface area (Å²) in [5, 5.41) is 15.8. The minimum absolute atomic E-state index is 0.0110. The number of benzene rings is 1. The molecule has 0 bridgehead atoms. The lowest BCUT2D eigenvalue weighted by atomic mass is 10.0. The number of hydrogen-bond donors (Lipinski definition) is 3. The number of carbonyl (C=O) groups excluding carboxylic acids is 4. The Balaban J connectivity index is 1.95. The summed E-state index contributed by atoms with van der Waals surface area (Å²) < 4.78 is 16.6. The van der Waals surface area contributed by atoms with Crippen LogP contribution in [0, 0.1) is 0 Å². The molecule has 0 radical (unpaired) electrons. The summed E-state index contributed by atoms with van der Waals surface area (Å²) in [4.78, 5) is 53.2. The Morgan fingerprint density at radius 3 is 2.10 bits per heavy atom. The van der Waals surface area contributed by atoms with Crippen LogP contribution in [0.1, 0.15) is 71.7 Å². The molecule has 0 saturated carbocycles. The Labute approximate surface area is 245 Å². The molecule has 1 aromatic carbocycles. The fourth-order valence-electron chi connectivity index (χ4n) is 3.47. The Bertz CT molecular complexity index is 1200. The average Bonchev–Trinajstić information content (AvgIpc) is 3.31. The number of aromatic nitrogens is 3. The first-order valence-electron chi connectivity index (χ1n) is 13.5. The summed E-state index contributed by atoms with van der Waals surface area (Å²) in [6.07, 6.45) is 1.03. The number of nitrogens with zero attached hydrogens (tertiary/aromatic N) is 4. The van der Waals surface area contributed by atoms with Crippen molar-refractivity contribution in [2.24, 2.45) is 4.99 Å². The molecular formula is C28H41N7O7. The highest BCUT2D eigenvalue weighted by Gasteiger charge is 2.22. The highest BCUT2D eigenvalue weighted by Crippen LogP contribution is 2.17. The van der Waals surface area contributed by atoms with Gasteiger partial charge < -0.3 is 19.5 Å². The maximum Gasteiger partial charge on any atom is 0.414 e. The van der Waals surface area contributed by atoms with Crippen LogP contribution in [-0.4, -0.2) is 69.9 Å². The molecule has 3 amide bonds. The van der Waals surface area contributed by atoms with E-state index in [1.165, 1.54) is 11.8 Å². The highest BCUT2D eigenvalue weighted by molar-refractivity contribution is 6.01. The summed E-state index contributed by atoms with van der Waals surface area (Å²) in [6, 6.07) is 8.58. The number of hydrogen-bond acceptors (Lipinski definition) is 10. The van der Waals surface area contributed by atoms with Crippen molar-refractivity contribution in [1.29, 1.82) is 0 Å². The molecule has 2 rings (SSSR count). The Morgan fingerprint density at radius 2 is 1.55 bits per heavy atom. The number of aryl methyl sites for hydroxylation is 1. The van der Waals surface area contributed by atoms with Crippen molar-refractivity contribution in [2.75, 3.05) is 13.7 Å². The van der Waals surface area contributed by atoms with Gasteiger partial charge in [-0.05, 0) is 59.9 Å². The first kappa shape index (κ1) is 33.7. The van der Waals surface area contributed by atoms with Gasteiger partial charge in [-0.3, -0.25) is 25.2 Å². The molecule has 42 heavy (non-hydrogen) atoms. The maximum atomic E-state index is 12.7. The molecule has 0 aliphatic carbocycles. The lowest BCUT2D eigenvalue weighted by molar-refractivity contribution is -0.141. The van der Waals surface area contributed by atoms with Crippen LogP contribution in [0.15, 0.2) is 41.5 Å². The summed E-state index contributed by atoms with van der Waals surface area (Å²) in [6.45, 7) is 10.4. The van der Waals surface area contributed by atoms with Gasteiger partial charge in [0, 0.05) is 12.7 Å². The van der Waals surface area contributed by atoms with E-state index in [1.54, 1.807) is 47.7 Å². The number of esters is 1. The van der Waals surface area contributed by atoms with Gasteiger partial charge in [0.15, 0.2) is 0 Å². The second-order valence-electron chi connectivity index (χ2n) is 11.3. The van der Waals surface area contributed by atoms with Gasteiger partial charge in [-0.15, -0.1) is 5.10 Å². The minimum atomic E-state index is -0.778. The number of methoxy groups -OCH3 is 1. The molecule has 1 heterocycles. The number of carbonyl (C=O) groups is 4. The van der Waals surface area contributed by atoms with Crippen molar-refractivity contribution in [2.45, 2.75) is 84.6 Å². The van der Waals surface area contributed by atoms with Crippen LogP contribution in [-0.2, 0) is 36.8 Å². The fraction of sp³-hybridized carbons (Fsp3) is 0.536. The largest absolute Gasteiger partial charge is 0.469 e. The molecule has 0 spiro atoms. The van der Waals surface area contributed by atoms with Crippen molar-refractivity contribution in [3.8, 4) is 0 Å². The van der Waals surface area contributed by atoms with Crippen LogP contribution in [0.4, 0.5) is 9.59 Å². The van der Waals surface area contributed by atoms with Crippen molar-refractivity contribution >= 4 is 30.0 Å². The van der Waals surface area contributed by atoms with Gasteiger partial charge in [-0.2, -0.15) is 0 Å². The summed E-state index contributed by atoms with van der Waals surface area (Å²) in [5.74, 6) is -0.903. The quantitative estimate of drug-likeness (QED) is 0.124. The lowest BCUT2D eigenvalue weighted by Gasteiger charge is -2.22. The van der Waals surface area contributed by atoms with Crippen LogP contribution in [0.5, 0.6) is 0 Å². The van der Waals surface area contributed by atoms with E-state index in [0.29, 0.717) is 18.5 Å². The third kappa shape index (κ3) is 13.7. The normalized spacial score (nSPS) is 12.0. The molecule has 2 aromatic rings.